The van der Waals surface area contributed by atoms with Crippen LogP contribution in [0.25, 0.3) is 10.8 Å². The number of nitrogens with zero attached hydrogens (tertiary/aromatic N) is 2. The second-order valence-corrected chi connectivity index (χ2v) is 12.6. The Morgan fingerprint density at radius 1 is 0.773 bits per heavy atom. The molecule has 0 N–H and O–H groups in total. The molecule has 2 amide bonds. The predicted octanol–water partition coefficient (Wildman–Crippen LogP) is 7.26. The molecule has 0 unspecified atom stereocenters. The highest BCUT2D eigenvalue weighted by atomic mass is 127. The molecule has 9 rings (SSSR count). The first-order valence-electron chi connectivity index (χ1n) is 14.6. The van der Waals surface area contributed by atoms with Gasteiger partial charge in [0.05, 0.1) is 28.7 Å². The zero-order valence-corrected chi connectivity index (χ0v) is 26.0. The van der Waals surface area contributed by atoms with E-state index in [4.69, 9.17) is 9.47 Å². The van der Waals surface area contributed by atoms with Gasteiger partial charge in [-0.1, -0.05) is 91.0 Å². The number of amides is 2. The van der Waals surface area contributed by atoms with Crippen LogP contribution in [0.2, 0.25) is 0 Å². The second-order valence-electron chi connectivity index (χ2n) is 11.5. The lowest BCUT2D eigenvalue weighted by molar-refractivity contribution is -0.139. The van der Waals surface area contributed by atoms with E-state index in [-0.39, 0.29) is 23.7 Å². The fraction of sp³-hybridized carbons (Fsp3) is 0.162. The van der Waals surface area contributed by atoms with Gasteiger partial charge in [0.15, 0.2) is 11.5 Å². The third-order valence-corrected chi connectivity index (χ3v) is 10.1. The van der Waals surface area contributed by atoms with Gasteiger partial charge in [-0.3, -0.25) is 9.59 Å². The Morgan fingerprint density at radius 3 is 1.95 bits per heavy atom. The van der Waals surface area contributed by atoms with Crippen molar-refractivity contribution in [2.24, 2.45) is 16.9 Å². The molecule has 7 heteroatoms. The van der Waals surface area contributed by atoms with E-state index in [9.17, 15) is 9.59 Å². The van der Waals surface area contributed by atoms with Gasteiger partial charge in [0, 0.05) is 11.8 Å². The van der Waals surface area contributed by atoms with E-state index in [0.29, 0.717) is 23.7 Å². The normalized spacial score (nSPS) is 21.5. The van der Waals surface area contributed by atoms with Crippen LogP contribution >= 0.6 is 22.6 Å². The summed E-state index contributed by atoms with van der Waals surface area (Å²) < 4.78 is 12.8. The second kappa shape index (κ2) is 10.6. The first-order valence-corrected chi connectivity index (χ1v) is 15.7. The van der Waals surface area contributed by atoms with Crippen LogP contribution in [0.3, 0.4) is 0 Å². The largest absolute Gasteiger partial charge is 0.493 e. The standard InChI is InChI=1S/C37H27IN2O4/c1-43-30-18-21(17-29(38)35(30)44-20-23-11-8-10-22-9-2-3-12-24(22)23)19-39-40-36(41)33-31-25-13-4-5-14-26(25)32(34(33)37(40)42)28-16-7-6-15-27(28)31/h2-19,31-34H,20H2,1H3/b39-19-/t31?,32?,33-,34-/m0/s1. The monoisotopic (exact) mass is 690 g/mol. The molecule has 1 saturated heterocycles. The zero-order valence-electron chi connectivity index (χ0n) is 23.8. The summed E-state index contributed by atoms with van der Waals surface area (Å²) in [4.78, 5) is 27.8. The lowest BCUT2D eigenvalue weighted by atomic mass is 9.55. The molecular weight excluding hydrogens is 663 g/mol. The highest BCUT2D eigenvalue weighted by molar-refractivity contribution is 14.1. The highest BCUT2D eigenvalue weighted by Crippen LogP contribution is 2.61. The van der Waals surface area contributed by atoms with Crippen LogP contribution < -0.4 is 9.47 Å². The van der Waals surface area contributed by atoms with Crippen LogP contribution in [0.4, 0.5) is 0 Å². The summed E-state index contributed by atoms with van der Waals surface area (Å²) in [6, 6.07) is 34.6. The molecule has 2 atom stereocenters. The number of methoxy groups -OCH3 is 1. The summed E-state index contributed by atoms with van der Waals surface area (Å²) in [5.41, 5.74) is 6.35. The fourth-order valence-electron chi connectivity index (χ4n) is 7.42. The molecule has 0 aromatic heterocycles. The van der Waals surface area contributed by atoms with Crippen LogP contribution in [-0.4, -0.2) is 30.1 Å². The van der Waals surface area contributed by atoms with Crippen LogP contribution in [0.1, 0.15) is 45.2 Å². The Balaban J connectivity index is 1.08. The number of benzene rings is 5. The van der Waals surface area contributed by atoms with Gasteiger partial charge in [0.25, 0.3) is 11.8 Å². The Hall–Kier alpha value is -4.50. The number of carbonyl (C=O) groups excluding carboxylic acids is 2. The summed E-state index contributed by atoms with van der Waals surface area (Å²) in [5, 5.41) is 7.89. The van der Waals surface area contributed by atoms with Gasteiger partial charge in [-0.15, -0.1) is 0 Å². The Morgan fingerprint density at radius 2 is 1.34 bits per heavy atom. The number of hydrogen-bond donors (Lipinski definition) is 0. The molecule has 1 fully saturated rings. The summed E-state index contributed by atoms with van der Waals surface area (Å²) in [6.07, 6.45) is 1.56. The van der Waals surface area contributed by atoms with Crippen molar-refractivity contribution in [3.05, 3.63) is 140 Å². The van der Waals surface area contributed by atoms with E-state index in [1.807, 2.05) is 54.6 Å². The topological polar surface area (TPSA) is 68.2 Å². The average molecular weight is 691 g/mol. The lowest BCUT2D eigenvalue weighted by Gasteiger charge is -2.45. The van der Waals surface area contributed by atoms with Crippen molar-refractivity contribution in [3.8, 4) is 11.5 Å². The van der Waals surface area contributed by atoms with Gasteiger partial charge >= 0.3 is 0 Å². The first kappa shape index (κ1) is 27.1. The molecular formula is C37H27IN2O4. The smallest absolute Gasteiger partial charge is 0.254 e. The minimum Gasteiger partial charge on any atom is -0.493 e. The summed E-state index contributed by atoms with van der Waals surface area (Å²) in [6.45, 7) is 0.383. The van der Waals surface area contributed by atoms with Gasteiger partial charge in [0.1, 0.15) is 6.61 Å². The molecule has 0 saturated carbocycles. The van der Waals surface area contributed by atoms with E-state index in [0.717, 1.165) is 47.2 Å². The number of rotatable bonds is 6. The van der Waals surface area contributed by atoms with Gasteiger partial charge in [0.2, 0.25) is 0 Å². The molecule has 4 aliphatic rings. The zero-order chi connectivity index (χ0) is 29.9. The van der Waals surface area contributed by atoms with Crippen LogP contribution in [-0.2, 0) is 16.2 Å². The van der Waals surface area contributed by atoms with Gasteiger partial charge in [-0.25, -0.2) is 0 Å². The molecule has 1 aliphatic heterocycles. The number of hydrogen-bond acceptors (Lipinski definition) is 5. The van der Waals surface area contributed by atoms with Crippen molar-refractivity contribution in [1.82, 2.24) is 5.01 Å². The number of imide groups is 1. The summed E-state index contributed by atoms with van der Waals surface area (Å²) >= 11 is 2.22. The maximum absolute atomic E-state index is 13.9. The molecule has 0 radical (unpaired) electrons. The van der Waals surface area contributed by atoms with E-state index < -0.39 is 11.8 Å². The van der Waals surface area contributed by atoms with Gasteiger partial charge < -0.3 is 9.47 Å². The molecule has 1 heterocycles. The van der Waals surface area contributed by atoms with Crippen molar-refractivity contribution in [1.29, 1.82) is 0 Å². The van der Waals surface area contributed by atoms with Crippen LogP contribution in [0, 0.1) is 15.4 Å². The minimum absolute atomic E-state index is 0.159. The van der Waals surface area contributed by atoms with Crippen molar-refractivity contribution < 1.29 is 19.1 Å². The summed E-state index contributed by atoms with van der Waals surface area (Å²) in [7, 11) is 1.60. The maximum Gasteiger partial charge on any atom is 0.254 e. The quantitative estimate of drug-likeness (QED) is 0.107. The fourth-order valence-corrected chi connectivity index (χ4v) is 8.20. The van der Waals surface area contributed by atoms with E-state index in [2.05, 4.69) is 76.2 Å². The molecule has 216 valence electrons. The Kier molecular flexibility index (Phi) is 6.52. The Labute approximate surface area is 268 Å². The third kappa shape index (κ3) is 4.09. The lowest BCUT2D eigenvalue weighted by Crippen LogP contribution is -2.41. The number of carbonyl (C=O) groups is 2. The van der Waals surface area contributed by atoms with Gasteiger partial charge in [-0.05, 0) is 78.9 Å². The molecule has 6 nitrogen and oxygen atoms in total. The molecule has 3 aliphatic carbocycles. The van der Waals surface area contributed by atoms with E-state index in [1.165, 1.54) is 0 Å². The number of ether oxygens (including phenoxy) is 2. The first-order chi connectivity index (χ1) is 21.5. The number of hydrazone groups is 1. The number of fused-ring (bicyclic) bond motifs is 1. The average Bonchev–Trinajstić information content (AvgIpc) is 3.32. The summed E-state index contributed by atoms with van der Waals surface area (Å²) in [5.74, 6) is -0.553. The minimum atomic E-state index is -0.464. The van der Waals surface area contributed by atoms with Crippen molar-refractivity contribution >= 4 is 51.4 Å². The molecule has 5 aromatic rings. The molecule has 5 aromatic carbocycles. The molecule has 44 heavy (non-hydrogen) atoms. The number of halogens is 1. The van der Waals surface area contributed by atoms with Crippen molar-refractivity contribution in [3.63, 3.8) is 0 Å². The van der Waals surface area contributed by atoms with E-state index in [1.54, 1.807) is 13.3 Å². The molecule has 2 bridgehead atoms. The maximum atomic E-state index is 13.9. The van der Waals surface area contributed by atoms with Gasteiger partial charge in [-0.2, -0.15) is 10.1 Å². The highest BCUT2D eigenvalue weighted by Gasteiger charge is 2.61. The predicted molar refractivity (Wildman–Crippen MR) is 177 cm³/mol. The van der Waals surface area contributed by atoms with Crippen molar-refractivity contribution in [2.75, 3.05) is 7.11 Å². The van der Waals surface area contributed by atoms with Crippen LogP contribution in [0.15, 0.2) is 108 Å². The van der Waals surface area contributed by atoms with E-state index >= 15 is 0 Å². The molecule has 0 spiro atoms. The third-order valence-electron chi connectivity index (χ3n) is 9.25. The SMILES string of the molecule is COc1cc(/C=N\N2C(=O)[C@H]3C4c5ccccc5C(c5ccccc54)[C@@H]3C2=O)cc(I)c1OCc1cccc2ccccc12. The Bertz CT molecular complexity index is 1900. The van der Waals surface area contributed by atoms with Crippen molar-refractivity contribution in [2.45, 2.75) is 18.4 Å². The van der Waals surface area contributed by atoms with Crippen LogP contribution in [0.5, 0.6) is 11.5 Å².